The standard InChI is InChI=1S/C14H12ClF3N4O4/c1-22-11(24)3-2-9(21-22)13(25)26-6-10(23)20-12-8(15)4-7(5-19-12)14(16,17)18/h4-5H,2-3,6H2,1H3,(H,19,20,23). The fraction of sp³-hybridized carbons (Fsp3) is 0.357. The summed E-state index contributed by atoms with van der Waals surface area (Å²) in [6, 6.07) is 0.611. The summed E-state index contributed by atoms with van der Waals surface area (Å²) in [6.45, 7) is -0.728. The van der Waals surface area contributed by atoms with Crippen LogP contribution < -0.4 is 5.32 Å². The summed E-state index contributed by atoms with van der Waals surface area (Å²) in [4.78, 5) is 38.2. The van der Waals surface area contributed by atoms with Crippen LogP contribution in [0.25, 0.3) is 0 Å². The summed E-state index contributed by atoms with van der Waals surface area (Å²) < 4.78 is 42.3. The highest BCUT2D eigenvalue weighted by molar-refractivity contribution is 6.37. The number of anilines is 1. The van der Waals surface area contributed by atoms with Crippen LogP contribution in [-0.4, -0.2) is 47.1 Å². The highest BCUT2D eigenvalue weighted by Gasteiger charge is 2.31. The van der Waals surface area contributed by atoms with Crippen molar-refractivity contribution in [3.63, 3.8) is 0 Å². The molecule has 0 unspecified atom stereocenters. The third kappa shape index (κ3) is 4.91. The van der Waals surface area contributed by atoms with Gasteiger partial charge in [-0.05, 0) is 6.07 Å². The van der Waals surface area contributed by atoms with E-state index < -0.39 is 35.2 Å². The van der Waals surface area contributed by atoms with Crippen molar-refractivity contribution in [1.29, 1.82) is 0 Å². The van der Waals surface area contributed by atoms with Gasteiger partial charge in [0.05, 0.1) is 10.6 Å². The first kappa shape index (κ1) is 19.6. The van der Waals surface area contributed by atoms with Gasteiger partial charge < -0.3 is 10.1 Å². The molecule has 0 bridgehead atoms. The van der Waals surface area contributed by atoms with Crippen LogP contribution in [0.5, 0.6) is 0 Å². The molecule has 0 saturated carbocycles. The average molecular weight is 393 g/mol. The van der Waals surface area contributed by atoms with Crippen LogP contribution in [0.15, 0.2) is 17.4 Å². The Balaban J connectivity index is 1.92. The fourth-order valence-corrected chi connectivity index (χ4v) is 2.10. The zero-order chi connectivity index (χ0) is 19.5. The van der Waals surface area contributed by atoms with Gasteiger partial charge in [0.1, 0.15) is 5.71 Å². The van der Waals surface area contributed by atoms with E-state index in [1.54, 1.807) is 0 Å². The van der Waals surface area contributed by atoms with E-state index >= 15 is 0 Å². The number of nitrogens with one attached hydrogen (secondary N) is 1. The number of amides is 2. The van der Waals surface area contributed by atoms with Crippen molar-refractivity contribution in [3.05, 3.63) is 22.8 Å². The van der Waals surface area contributed by atoms with Crippen molar-refractivity contribution in [1.82, 2.24) is 9.99 Å². The van der Waals surface area contributed by atoms with Crippen LogP contribution in [0, 0.1) is 0 Å². The fourth-order valence-electron chi connectivity index (χ4n) is 1.88. The Morgan fingerprint density at radius 2 is 2.08 bits per heavy atom. The number of halogens is 4. The van der Waals surface area contributed by atoms with E-state index in [-0.39, 0.29) is 30.3 Å². The molecule has 0 atom stereocenters. The number of hydrogen-bond donors (Lipinski definition) is 1. The highest BCUT2D eigenvalue weighted by atomic mass is 35.5. The van der Waals surface area contributed by atoms with Crippen LogP contribution in [0.3, 0.4) is 0 Å². The van der Waals surface area contributed by atoms with Gasteiger partial charge in [-0.25, -0.2) is 14.8 Å². The normalized spacial score (nSPS) is 14.7. The van der Waals surface area contributed by atoms with E-state index in [0.717, 1.165) is 5.01 Å². The van der Waals surface area contributed by atoms with Crippen molar-refractivity contribution >= 4 is 40.9 Å². The summed E-state index contributed by atoms with van der Waals surface area (Å²) in [5, 5.41) is 6.43. The van der Waals surface area contributed by atoms with Crippen LogP contribution in [0.1, 0.15) is 18.4 Å². The van der Waals surface area contributed by atoms with Crippen LogP contribution in [0.2, 0.25) is 5.02 Å². The van der Waals surface area contributed by atoms with Crippen molar-refractivity contribution < 1.29 is 32.3 Å². The largest absolute Gasteiger partial charge is 0.451 e. The topological polar surface area (TPSA) is 101 Å². The number of alkyl halides is 3. The van der Waals surface area contributed by atoms with Crippen molar-refractivity contribution in [3.8, 4) is 0 Å². The number of carbonyl (C=O) groups excluding carboxylic acids is 3. The number of aromatic nitrogens is 1. The van der Waals surface area contributed by atoms with Gasteiger partial charge in [0.15, 0.2) is 12.4 Å². The molecule has 8 nitrogen and oxygen atoms in total. The van der Waals surface area contributed by atoms with Gasteiger partial charge in [0.2, 0.25) is 5.91 Å². The lowest BCUT2D eigenvalue weighted by Gasteiger charge is -2.18. The zero-order valence-electron chi connectivity index (χ0n) is 13.3. The summed E-state index contributed by atoms with van der Waals surface area (Å²) in [6.07, 6.45) is -3.95. The molecule has 0 saturated heterocycles. The summed E-state index contributed by atoms with van der Waals surface area (Å²) >= 11 is 5.65. The summed E-state index contributed by atoms with van der Waals surface area (Å²) in [5.74, 6) is -2.30. The molecular formula is C14H12ClF3N4O4. The maximum atomic E-state index is 12.5. The molecule has 0 fully saturated rings. The number of rotatable bonds is 4. The van der Waals surface area contributed by atoms with E-state index in [4.69, 9.17) is 16.3 Å². The van der Waals surface area contributed by atoms with Crippen molar-refractivity contribution in [2.75, 3.05) is 19.0 Å². The molecule has 2 rings (SSSR count). The van der Waals surface area contributed by atoms with Gasteiger partial charge >= 0.3 is 12.1 Å². The number of ether oxygens (including phenoxy) is 1. The first-order valence-electron chi connectivity index (χ1n) is 7.11. The maximum absolute atomic E-state index is 12.5. The zero-order valence-corrected chi connectivity index (χ0v) is 14.0. The van der Waals surface area contributed by atoms with Gasteiger partial charge in [-0.1, -0.05) is 11.6 Å². The quantitative estimate of drug-likeness (QED) is 0.788. The molecule has 0 radical (unpaired) electrons. The lowest BCUT2D eigenvalue weighted by molar-refractivity contribution is -0.141. The molecule has 1 aromatic heterocycles. The smallest absolute Gasteiger partial charge is 0.417 e. The van der Waals surface area contributed by atoms with E-state index in [1.165, 1.54) is 7.05 Å². The van der Waals surface area contributed by atoms with Gasteiger partial charge in [-0.15, -0.1) is 0 Å². The Bertz CT molecular complexity index is 782. The number of hydrogen-bond acceptors (Lipinski definition) is 6. The Labute approximate surface area is 150 Å². The predicted molar refractivity (Wildman–Crippen MR) is 83.3 cm³/mol. The SMILES string of the molecule is CN1N=C(C(=O)OCC(=O)Nc2ncc(C(F)(F)F)cc2Cl)CCC1=O. The van der Waals surface area contributed by atoms with Gasteiger partial charge in [0.25, 0.3) is 5.91 Å². The highest BCUT2D eigenvalue weighted by Crippen LogP contribution is 2.32. The molecule has 12 heteroatoms. The lowest BCUT2D eigenvalue weighted by Crippen LogP contribution is -2.33. The Morgan fingerprint density at radius 3 is 2.65 bits per heavy atom. The van der Waals surface area contributed by atoms with Crippen molar-refractivity contribution in [2.24, 2.45) is 5.10 Å². The minimum absolute atomic E-state index is 0.0226. The molecule has 26 heavy (non-hydrogen) atoms. The molecule has 0 aliphatic carbocycles. The number of pyridine rings is 1. The Morgan fingerprint density at radius 1 is 1.38 bits per heavy atom. The molecule has 1 aromatic rings. The van der Waals surface area contributed by atoms with Gasteiger partial charge in [-0.3, -0.25) is 9.59 Å². The number of hydrazone groups is 1. The van der Waals surface area contributed by atoms with Crippen LogP contribution in [-0.2, 0) is 25.3 Å². The first-order chi connectivity index (χ1) is 12.1. The second kappa shape index (κ2) is 7.68. The van der Waals surface area contributed by atoms with Crippen LogP contribution >= 0.6 is 11.6 Å². The predicted octanol–water partition coefficient (Wildman–Crippen LogP) is 1.84. The monoisotopic (exact) mass is 392 g/mol. The minimum Gasteiger partial charge on any atom is -0.451 e. The van der Waals surface area contributed by atoms with E-state index in [1.807, 2.05) is 0 Å². The second-order valence-corrected chi connectivity index (χ2v) is 5.55. The Kier molecular flexibility index (Phi) is 5.80. The summed E-state index contributed by atoms with van der Waals surface area (Å²) in [7, 11) is 1.37. The van der Waals surface area contributed by atoms with Crippen molar-refractivity contribution in [2.45, 2.75) is 19.0 Å². The first-order valence-corrected chi connectivity index (χ1v) is 7.49. The number of nitrogens with zero attached hydrogens (tertiary/aromatic N) is 3. The number of esters is 1. The summed E-state index contributed by atoms with van der Waals surface area (Å²) in [5.41, 5.74) is -1.09. The third-order valence-electron chi connectivity index (χ3n) is 3.20. The average Bonchev–Trinajstić information content (AvgIpc) is 2.56. The minimum atomic E-state index is -4.62. The molecule has 1 N–H and O–H groups in total. The number of carbonyl (C=O) groups is 3. The van der Waals surface area contributed by atoms with Crippen LogP contribution in [0.4, 0.5) is 19.0 Å². The lowest BCUT2D eigenvalue weighted by atomic mass is 10.2. The molecule has 2 heterocycles. The molecule has 0 spiro atoms. The van der Waals surface area contributed by atoms with Gasteiger partial charge in [-0.2, -0.15) is 18.3 Å². The molecule has 1 aliphatic heterocycles. The van der Waals surface area contributed by atoms with E-state index in [2.05, 4.69) is 15.4 Å². The Hall–Kier alpha value is -2.69. The van der Waals surface area contributed by atoms with E-state index in [9.17, 15) is 27.6 Å². The molecule has 1 aliphatic rings. The van der Waals surface area contributed by atoms with Gasteiger partial charge in [0, 0.05) is 26.1 Å². The molecule has 140 valence electrons. The molecule has 0 aromatic carbocycles. The maximum Gasteiger partial charge on any atom is 0.417 e. The van der Waals surface area contributed by atoms with E-state index in [0.29, 0.717) is 12.3 Å². The molecular weight excluding hydrogens is 381 g/mol. The molecule has 2 amide bonds. The second-order valence-electron chi connectivity index (χ2n) is 5.14. The third-order valence-corrected chi connectivity index (χ3v) is 3.49.